The van der Waals surface area contributed by atoms with Gasteiger partial charge >= 0.3 is 0 Å². The van der Waals surface area contributed by atoms with E-state index in [9.17, 15) is 0 Å². The topological polar surface area (TPSA) is 0 Å². The highest BCUT2D eigenvalue weighted by atomic mass is 13.7. The van der Waals surface area contributed by atoms with Gasteiger partial charge in [0.05, 0.1) is 6.92 Å². The number of hydrogen-bond acceptors (Lipinski definition) is 0. The molecule has 0 aliphatic heterocycles. The molecular formula is C6H11+. The van der Waals surface area contributed by atoms with Crippen LogP contribution in [0.4, 0.5) is 0 Å². The summed E-state index contributed by atoms with van der Waals surface area (Å²) in [6.07, 6.45) is 6.25. The van der Waals surface area contributed by atoms with Gasteiger partial charge in [0, 0.05) is 0 Å². The van der Waals surface area contributed by atoms with Gasteiger partial charge in [0.2, 0.25) is 0 Å². The van der Waals surface area contributed by atoms with Crippen LogP contribution in [-0.2, 0) is 0 Å². The molecule has 6 heavy (non-hydrogen) atoms. The molecular weight excluding hydrogens is 72.1 g/mol. The van der Waals surface area contributed by atoms with Crippen LogP contribution in [0.5, 0.6) is 0 Å². The van der Waals surface area contributed by atoms with Gasteiger partial charge in [-0.1, -0.05) is 13.0 Å². The standard InChI is InChI=1S/C6H11/c1-3-5-6-4-2/h5-6H,1,3-4H2,2H3/q+1/b6-5+. The van der Waals surface area contributed by atoms with Crippen molar-refractivity contribution in [3.8, 4) is 0 Å². The lowest BCUT2D eigenvalue weighted by atomic mass is 10.4. The lowest BCUT2D eigenvalue weighted by Gasteiger charge is -1.68. The van der Waals surface area contributed by atoms with E-state index in [4.69, 9.17) is 0 Å². The Kier molecular flexibility index (Phi) is 4.31. The number of hydrogen-bond donors (Lipinski definition) is 0. The average molecular weight is 83.2 g/mol. The number of allylic oxidation sites excluding steroid dienone is 2. The maximum Gasteiger partial charge on any atom is 0.103 e. The Labute approximate surface area is 39.9 Å². The Balaban J connectivity index is 2.73. The van der Waals surface area contributed by atoms with Crippen LogP contribution >= 0.6 is 0 Å². The Morgan fingerprint density at radius 2 is 2.17 bits per heavy atom. The van der Waals surface area contributed by atoms with Crippen molar-refractivity contribution >= 4 is 0 Å². The molecule has 0 spiro atoms. The zero-order valence-electron chi connectivity index (χ0n) is 4.28. The van der Waals surface area contributed by atoms with Gasteiger partial charge in [-0.3, -0.25) is 0 Å². The van der Waals surface area contributed by atoms with Crippen LogP contribution in [0, 0.1) is 6.92 Å². The van der Waals surface area contributed by atoms with E-state index in [-0.39, 0.29) is 0 Å². The normalized spacial score (nSPS) is 10.2. The van der Waals surface area contributed by atoms with E-state index >= 15 is 0 Å². The minimum absolute atomic E-state index is 0.924. The molecule has 0 radical (unpaired) electrons. The van der Waals surface area contributed by atoms with E-state index in [2.05, 4.69) is 26.0 Å². The van der Waals surface area contributed by atoms with Crippen LogP contribution in [0.25, 0.3) is 0 Å². The average Bonchev–Trinajstić information content (AvgIpc) is 1.61. The molecule has 0 rings (SSSR count). The van der Waals surface area contributed by atoms with Gasteiger partial charge in [-0.2, -0.15) is 0 Å². The fourth-order valence-electron chi connectivity index (χ4n) is 0.285. The third-order valence-corrected chi connectivity index (χ3v) is 0.569. The molecule has 0 atom stereocenters. The Morgan fingerprint density at radius 1 is 1.50 bits per heavy atom. The van der Waals surface area contributed by atoms with Crippen molar-refractivity contribution in [2.75, 3.05) is 0 Å². The van der Waals surface area contributed by atoms with Crippen molar-refractivity contribution in [3.05, 3.63) is 19.1 Å². The van der Waals surface area contributed by atoms with Crippen molar-refractivity contribution in [3.63, 3.8) is 0 Å². The molecule has 0 nitrogen and oxygen atoms in total. The van der Waals surface area contributed by atoms with Gasteiger partial charge in [-0.25, -0.2) is 0 Å². The first-order valence-corrected chi connectivity index (χ1v) is 2.36. The summed E-state index contributed by atoms with van der Waals surface area (Å²) in [5.74, 6) is 0. The van der Waals surface area contributed by atoms with Crippen LogP contribution < -0.4 is 0 Å². The molecule has 0 heterocycles. The SMILES string of the molecule is [CH2+]C/C=C/CC. The second-order valence-electron chi connectivity index (χ2n) is 1.17. The monoisotopic (exact) mass is 83.1 g/mol. The highest BCUT2D eigenvalue weighted by Gasteiger charge is 1.65. The van der Waals surface area contributed by atoms with Crippen LogP contribution in [-0.4, -0.2) is 0 Å². The highest BCUT2D eigenvalue weighted by Crippen LogP contribution is 1.80. The molecule has 0 saturated heterocycles. The Morgan fingerprint density at radius 3 is 2.33 bits per heavy atom. The molecule has 0 heteroatoms. The van der Waals surface area contributed by atoms with E-state index in [1.54, 1.807) is 0 Å². The summed E-state index contributed by atoms with van der Waals surface area (Å²) in [7, 11) is 0. The maximum absolute atomic E-state index is 3.64. The second kappa shape index (κ2) is 4.61. The minimum atomic E-state index is 0.924. The van der Waals surface area contributed by atoms with Crippen LogP contribution in [0.15, 0.2) is 12.2 Å². The predicted octanol–water partition coefficient (Wildman–Crippen LogP) is 2.18. The molecule has 0 aliphatic rings. The Hall–Kier alpha value is -0.390. The first-order valence-electron chi connectivity index (χ1n) is 2.36. The smallest absolute Gasteiger partial charge is 0.0846 e. The zero-order chi connectivity index (χ0) is 4.83. The summed E-state index contributed by atoms with van der Waals surface area (Å²) < 4.78 is 0. The molecule has 0 saturated carbocycles. The zero-order valence-corrected chi connectivity index (χ0v) is 4.28. The Bertz CT molecular complexity index is 29.3. The van der Waals surface area contributed by atoms with Gasteiger partial charge in [0.15, 0.2) is 0 Å². The number of rotatable bonds is 2. The fraction of sp³-hybridized carbons (Fsp3) is 0.500. The molecule has 0 aromatic carbocycles. The van der Waals surface area contributed by atoms with E-state index in [0.29, 0.717) is 0 Å². The minimum Gasteiger partial charge on any atom is -0.0846 e. The lowest BCUT2D eigenvalue weighted by Crippen LogP contribution is -1.51. The van der Waals surface area contributed by atoms with E-state index in [1.807, 2.05) is 0 Å². The quantitative estimate of drug-likeness (QED) is 0.354. The van der Waals surface area contributed by atoms with Gasteiger partial charge in [-0.15, -0.1) is 0 Å². The van der Waals surface area contributed by atoms with E-state index in [0.717, 1.165) is 12.8 Å². The largest absolute Gasteiger partial charge is 0.103 e. The van der Waals surface area contributed by atoms with Gasteiger partial charge in [-0.05, 0) is 12.5 Å². The first kappa shape index (κ1) is 5.61. The summed E-state index contributed by atoms with van der Waals surface area (Å²) in [6, 6.07) is 0. The fourth-order valence-corrected chi connectivity index (χ4v) is 0.285. The molecule has 34 valence electrons. The van der Waals surface area contributed by atoms with Crippen LogP contribution in [0.2, 0.25) is 0 Å². The maximum atomic E-state index is 3.64. The molecule has 0 N–H and O–H groups in total. The van der Waals surface area contributed by atoms with Crippen molar-refractivity contribution in [2.45, 2.75) is 19.8 Å². The molecule has 0 aliphatic carbocycles. The van der Waals surface area contributed by atoms with Crippen molar-refractivity contribution in [2.24, 2.45) is 0 Å². The third kappa shape index (κ3) is 3.61. The van der Waals surface area contributed by atoms with Gasteiger partial charge < -0.3 is 0 Å². The molecule has 0 unspecified atom stereocenters. The van der Waals surface area contributed by atoms with Crippen molar-refractivity contribution < 1.29 is 0 Å². The predicted molar refractivity (Wildman–Crippen MR) is 29.4 cm³/mol. The summed E-state index contributed by atoms with van der Waals surface area (Å²) in [5, 5.41) is 0. The van der Waals surface area contributed by atoms with Crippen molar-refractivity contribution in [1.82, 2.24) is 0 Å². The molecule has 0 amide bonds. The molecule has 0 aromatic rings. The van der Waals surface area contributed by atoms with Crippen LogP contribution in [0.1, 0.15) is 19.8 Å². The second-order valence-corrected chi connectivity index (χ2v) is 1.17. The molecule has 0 fully saturated rings. The van der Waals surface area contributed by atoms with Gasteiger partial charge in [0.1, 0.15) is 6.42 Å². The summed E-state index contributed by atoms with van der Waals surface area (Å²) in [4.78, 5) is 0. The highest BCUT2D eigenvalue weighted by molar-refractivity contribution is 4.80. The van der Waals surface area contributed by atoms with E-state index in [1.165, 1.54) is 0 Å². The summed E-state index contributed by atoms with van der Waals surface area (Å²) in [5.41, 5.74) is 0. The van der Waals surface area contributed by atoms with Crippen molar-refractivity contribution in [1.29, 1.82) is 0 Å². The van der Waals surface area contributed by atoms with Crippen LogP contribution in [0.3, 0.4) is 0 Å². The summed E-state index contributed by atoms with van der Waals surface area (Å²) in [6.45, 7) is 5.75. The molecule has 0 aromatic heterocycles. The lowest BCUT2D eigenvalue weighted by molar-refractivity contribution is 1.20. The third-order valence-electron chi connectivity index (χ3n) is 0.569. The summed E-state index contributed by atoms with van der Waals surface area (Å²) >= 11 is 0. The van der Waals surface area contributed by atoms with E-state index < -0.39 is 0 Å². The first-order chi connectivity index (χ1) is 2.91. The molecule has 0 bridgehead atoms. The van der Waals surface area contributed by atoms with Gasteiger partial charge in [0.25, 0.3) is 0 Å².